The molecule has 0 saturated carbocycles. The van der Waals surface area contributed by atoms with Crippen molar-refractivity contribution in [1.82, 2.24) is 24.5 Å². The highest BCUT2D eigenvalue weighted by Gasteiger charge is 2.23. The van der Waals surface area contributed by atoms with Crippen LogP contribution in [0, 0.1) is 0 Å². The Kier molecular flexibility index (Phi) is 8.01. The summed E-state index contributed by atoms with van der Waals surface area (Å²) in [6.45, 7) is 1.86. The normalized spacial score (nSPS) is 11.5. The number of aromatic nitrogens is 5. The molecule has 0 aliphatic carbocycles. The van der Waals surface area contributed by atoms with Crippen LogP contribution in [-0.2, 0) is 17.9 Å². The minimum absolute atomic E-state index is 0.0311. The molecule has 172 valence electrons. The van der Waals surface area contributed by atoms with Crippen LogP contribution >= 0.6 is 35.0 Å². The van der Waals surface area contributed by atoms with Gasteiger partial charge in [-0.05, 0) is 31.2 Å². The van der Waals surface area contributed by atoms with Gasteiger partial charge >= 0.3 is 0 Å². The number of carbonyl (C=O) groups is 1. The molecule has 2 heterocycles. The van der Waals surface area contributed by atoms with E-state index < -0.39 is 24.2 Å². The van der Waals surface area contributed by atoms with Crippen LogP contribution in [-0.4, -0.2) is 36.2 Å². The first-order chi connectivity index (χ1) is 15.2. The van der Waals surface area contributed by atoms with Gasteiger partial charge in [0.2, 0.25) is 5.91 Å². The average molecular weight is 511 g/mol. The zero-order chi connectivity index (χ0) is 23.4. The molecule has 1 N–H and O–H groups in total. The highest BCUT2D eigenvalue weighted by molar-refractivity contribution is 7.99. The van der Waals surface area contributed by atoms with Gasteiger partial charge in [0.05, 0.1) is 16.5 Å². The van der Waals surface area contributed by atoms with Gasteiger partial charge in [-0.1, -0.05) is 35.0 Å². The Balaban J connectivity index is 1.70. The zero-order valence-electron chi connectivity index (χ0n) is 16.4. The Morgan fingerprint density at radius 1 is 1.16 bits per heavy atom. The van der Waals surface area contributed by atoms with E-state index >= 15 is 0 Å². The molecule has 0 fully saturated rings. The van der Waals surface area contributed by atoms with E-state index in [0.717, 1.165) is 16.4 Å². The summed E-state index contributed by atoms with van der Waals surface area (Å²) >= 11 is 12.9. The molecule has 3 rings (SSSR count). The molecule has 14 heteroatoms. The van der Waals surface area contributed by atoms with Gasteiger partial charge in [-0.3, -0.25) is 9.48 Å². The van der Waals surface area contributed by atoms with E-state index in [9.17, 15) is 22.4 Å². The molecular weight excluding hydrogens is 495 g/mol. The number of rotatable bonds is 9. The Bertz CT molecular complexity index is 1110. The van der Waals surface area contributed by atoms with Crippen LogP contribution in [0.5, 0.6) is 0 Å². The second kappa shape index (κ2) is 10.5. The Morgan fingerprint density at radius 3 is 2.53 bits per heavy atom. The first-order valence-electron chi connectivity index (χ1n) is 9.13. The topological polar surface area (TPSA) is 77.6 Å². The van der Waals surface area contributed by atoms with E-state index in [4.69, 9.17) is 23.2 Å². The summed E-state index contributed by atoms with van der Waals surface area (Å²) in [5, 5.41) is 15.2. The molecule has 3 aromatic rings. The number of amides is 1. The molecule has 0 atom stereocenters. The van der Waals surface area contributed by atoms with Gasteiger partial charge in [-0.2, -0.15) is 5.10 Å². The lowest BCUT2D eigenvalue weighted by Gasteiger charge is -2.10. The van der Waals surface area contributed by atoms with Crippen LogP contribution in [0.3, 0.4) is 0 Å². The van der Waals surface area contributed by atoms with Crippen molar-refractivity contribution in [3.05, 3.63) is 51.5 Å². The van der Waals surface area contributed by atoms with E-state index in [1.165, 1.54) is 6.07 Å². The van der Waals surface area contributed by atoms with Gasteiger partial charge in [-0.15, -0.1) is 10.2 Å². The summed E-state index contributed by atoms with van der Waals surface area (Å²) in [4.78, 5) is 12.3. The number of hydrogen-bond donors (Lipinski definition) is 1. The van der Waals surface area contributed by atoms with Crippen molar-refractivity contribution in [1.29, 1.82) is 0 Å². The number of nitrogens with zero attached hydrogens (tertiary/aromatic N) is 5. The van der Waals surface area contributed by atoms with Crippen LogP contribution in [0.25, 0.3) is 0 Å². The molecule has 0 saturated heterocycles. The van der Waals surface area contributed by atoms with Crippen molar-refractivity contribution in [2.24, 2.45) is 0 Å². The second-order valence-corrected chi connectivity index (χ2v) is 8.14. The molecule has 0 aliphatic heterocycles. The number of halogens is 6. The second-order valence-electron chi connectivity index (χ2n) is 6.36. The quantitative estimate of drug-likeness (QED) is 0.305. The summed E-state index contributed by atoms with van der Waals surface area (Å²) in [7, 11) is 0. The van der Waals surface area contributed by atoms with Crippen molar-refractivity contribution in [2.75, 3.05) is 11.1 Å². The molecule has 0 bridgehead atoms. The smallest absolute Gasteiger partial charge is 0.282 e. The zero-order valence-corrected chi connectivity index (χ0v) is 18.7. The first-order valence-corrected chi connectivity index (χ1v) is 10.9. The summed E-state index contributed by atoms with van der Waals surface area (Å²) in [5.74, 6) is -0.154. The highest BCUT2D eigenvalue weighted by Crippen LogP contribution is 2.27. The van der Waals surface area contributed by atoms with Gasteiger partial charge in [0.15, 0.2) is 11.0 Å². The molecule has 1 amide bonds. The lowest BCUT2D eigenvalue weighted by molar-refractivity contribution is -0.113. The number of hydrogen-bond acceptors (Lipinski definition) is 5. The summed E-state index contributed by atoms with van der Waals surface area (Å²) < 4.78 is 54.6. The van der Waals surface area contributed by atoms with Gasteiger partial charge in [-0.25, -0.2) is 17.6 Å². The average Bonchev–Trinajstić information content (AvgIpc) is 3.33. The van der Waals surface area contributed by atoms with Crippen molar-refractivity contribution < 1.29 is 22.4 Å². The van der Waals surface area contributed by atoms with Gasteiger partial charge in [0, 0.05) is 11.6 Å². The Morgan fingerprint density at radius 2 is 1.91 bits per heavy atom. The number of thioether (sulfide) groups is 1. The Hall–Kier alpha value is -2.31. The number of anilines is 1. The standard InChI is InChI=1S/C18H16Cl2F4N6OS/c1-2-29-14(7-30-13(17(23)24)6-12(28-30)16(21)22)26-27-18(29)32-8-15(31)25-11-4-3-9(19)5-10(11)20/h3-6,16-17H,2,7-8H2,1H3,(H,25,31). The molecule has 0 spiro atoms. The van der Waals surface area contributed by atoms with Crippen LogP contribution in [0.15, 0.2) is 29.4 Å². The van der Waals surface area contributed by atoms with E-state index in [-0.39, 0.29) is 29.1 Å². The van der Waals surface area contributed by atoms with Crippen LogP contribution < -0.4 is 5.32 Å². The van der Waals surface area contributed by atoms with Crippen molar-refractivity contribution in [3.8, 4) is 0 Å². The monoisotopic (exact) mass is 510 g/mol. The van der Waals surface area contributed by atoms with E-state index in [0.29, 0.717) is 28.5 Å². The van der Waals surface area contributed by atoms with Crippen LogP contribution in [0.4, 0.5) is 23.2 Å². The number of carbonyl (C=O) groups excluding carboxylic acids is 1. The molecule has 32 heavy (non-hydrogen) atoms. The van der Waals surface area contributed by atoms with E-state index in [1.807, 2.05) is 0 Å². The molecule has 0 unspecified atom stereocenters. The predicted octanol–water partition coefficient (Wildman–Crippen LogP) is 5.46. The number of nitrogens with one attached hydrogen (secondary N) is 1. The fourth-order valence-electron chi connectivity index (χ4n) is 2.76. The van der Waals surface area contributed by atoms with Crippen LogP contribution in [0.2, 0.25) is 10.0 Å². The SMILES string of the molecule is CCn1c(Cn2nc(C(F)F)cc2C(F)F)nnc1SCC(=O)Nc1ccc(Cl)cc1Cl. The minimum atomic E-state index is -2.98. The molecular formula is C18H16Cl2F4N6OS. The van der Waals surface area contributed by atoms with Crippen LogP contribution in [0.1, 0.15) is 37.0 Å². The van der Waals surface area contributed by atoms with E-state index in [2.05, 4.69) is 20.6 Å². The Labute approximate surface area is 194 Å². The van der Waals surface area contributed by atoms with Gasteiger partial charge in [0.1, 0.15) is 17.9 Å². The number of benzene rings is 1. The molecule has 1 aromatic carbocycles. The van der Waals surface area contributed by atoms with Crippen molar-refractivity contribution in [2.45, 2.75) is 38.0 Å². The summed E-state index contributed by atoms with van der Waals surface area (Å²) in [6.07, 6.45) is -5.96. The fourth-order valence-corrected chi connectivity index (χ4v) is 4.04. The van der Waals surface area contributed by atoms with Crippen molar-refractivity contribution in [3.63, 3.8) is 0 Å². The molecule has 0 radical (unpaired) electrons. The molecule has 0 aliphatic rings. The van der Waals surface area contributed by atoms with Gasteiger partial charge < -0.3 is 9.88 Å². The maximum absolute atomic E-state index is 13.2. The predicted molar refractivity (Wildman–Crippen MR) is 113 cm³/mol. The number of alkyl halides is 4. The molecule has 7 nitrogen and oxygen atoms in total. The van der Waals surface area contributed by atoms with E-state index in [1.54, 1.807) is 23.6 Å². The highest BCUT2D eigenvalue weighted by atomic mass is 35.5. The van der Waals surface area contributed by atoms with Crippen molar-refractivity contribution >= 4 is 46.6 Å². The largest absolute Gasteiger partial charge is 0.324 e. The summed E-state index contributed by atoms with van der Waals surface area (Å²) in [6, 6.07) is 5.31. The third-order valence-corrected chi connectivity index (χ3v) is 5.73. The third-order valence-electron chi connectivity index (χ3n) is 4.22. The lowest BCUT2D eigenvalue weighted by Crippen LogP contribution is -2.15. The third kappa shape index (κ3) is 5.73. The maximum Gasteiger partial charge on any atom is 0.282 e. The maximum atomic E-state index is 13.2. The fraction of sp³-hybridized carbons (Fsp3) is 0.333. The van der Waals surface area contributed by atoms with Gasteiger partial charge in [0.25, 0.3) is 12.9 Å². The minimum Gasteiger partial charge on any atom is -0.324 e. The lowest BCUT2D eigenvalue weighted by atomic mass is 10.3. The first kappa shape index (κ1) is 24.3. The summed E-state index contributed by atoms with van der Waals surface area (Å²) in [5.41, 5.74) is -0.985. The molecule has 2 aromatic heterocycles.